The average molecular weight is 453 g/mol. The second kappa shape index (κ2) is 9.83. The molecule has 1 N–H and O–H groups in total. The normalized spacial score (nSPS) is 15.7. The van der Waals surface area contributed by atoms with Gasteiger partial charge in [0.15, 0.2) is 5.82 Å². The van der Waals surface area contributed by atoms with Crippen LogP contribution in [0, 0.1) is 11.7 Å². The molecule has 1 saturated heterocycles. The van der Waals surface area contributed by atoms with Gasteiger partial charge in [-0.3, -0.25) is 4.79 Å². The highest BCUT2D eigenvalue weighted by molar-refractivity contribution is 5.97. The number of rotatable bonds is 5. The molecule has 1 aromatic heterocycles. The molecule has 0 saturated carbocycles. The standard InChI is InChI=1S/C28H25FN4O/c29-23-14-12-21(13-15-23)25-16-17-27(32-31-25)33-18-6-9-22(19-33)28(34)30-26-11-5-4-10-24(26)20-7-2-1-3-8-20/h1-5,7-8,10-17,22H,6,9,18-19H2,(H,30,34). The van der Waals surface area contributed by atoms with Crippen LogP contribution in [0.5, 0.6) is 0 Å². The lowest BCUT2D eigenvalue weighted by Gasteiger charge is -2.32. The summed E-state index contributed by atoms with van der Waals surface area (Å²) < 4.78 is 13.2. The molecule has 1 fully saturated rings. The number of para-hydroxylation sites is 1. The number of carbonyl (C=O) groups is 1. The van der Waals surface area contributed by atoms with Gasteiger partial charge in [-0.2, -0.15) is 0 Å². The minimum atomic E-state index is -0.280. The molecule has 6 heteroatoms. The molecule has 1 unspecified atom stereocenters. The van der Waals surface area contributed by atoms with E-state index in [-0.39, 0.29) is 17.6 Å². The van der Waals surface area contributed by atoms with Gasteiger partial charge in [-0.05, 0) is 60.9 Å². The molecule has 1 aliphatic heterocycles. The number of halogens is 1. The van der Waals surface area contributed by atoms with Gasteiger partial charge >= 0.3 is 0 Å². The van der Waals surface area contributed by atoms with Crippen LogP contribution in [0.15, 0.2) is 91.0 Å². The largest absolute Gasteiger partial charge is 0.354 e. The number of carbonyl (C=O) groups excluding carboxylic acids is 1. The zero-order valence-electron chi connectivity index (χ0n) is 18.7. The molecule has 1 amide bonds. The fraction of sp³-hybridized carbons (Fsp3) is 0.179. The van der Waals surface area contributed by atoms with E-state index in [1.165, 1.54) is 12.1 Å². The maximum Gasteiger partial charge on any atom is 0.229 e. The third-order valence-corrected chi connectivity index (χ3v) is 6.18. The quantitative estimate of drug-likeness (QED) is 0.415. The van der Waals surface area contributed by atoms with Crippen molar-refractivity contribution in [1.29, 1.82) is 0 Å². The number of hydrogen-bond donors (Lipinski definition) is 1. The van der Waals surface area contributed by atoms with Crippen molar-refractivity contribution in [1.82, 2.24) is 10.2 Å². The smallest absolute Gasteiger partial charge is 0.229 e. The van der Waals surface area contributed by atoms with Crippen LogP contribution in [0.4, 0.5) is 15.9 Å². The Morgan fingerprint density at radius 1 is 0.853 bits per heavy atom. The van der Waals surface area contributed by atoms with Gasteiger partial charge in [-0.15, -0.1) is 10.2 Å². The van der Waals surface area contributed by atoms with Gasteiger partial charge in [0.1, 0.15) is 5.82 Å². The lowest BCUT2D eigenvalue weighted by atomic mass is 9.96. The first-order valence-corrected chi connectivity index (χ1v) is 11.5. The molecule has 2 heterocycles. The number of piperidine rings is 1. The van der Waals surface area contributed by atoms with Crippen molar-refractivity contribution in [3.05, 3.63) is 96.8 Å². The first-order chi connectivity index (χ1) is 16.7. The van der Waals surface area contributed by atoms with Crippen LogP contribution in [-0.2, 0) is 4.79 Å². The van der Waals surface area contributed by atoms with Gasteiger partial charge in [0.05, 0.1) is 11.6 Å². The minimum Gasteiger partial charge on any atom is -0.354 e. The van der Waals surface area contributed by atoms with Crippen molar-refractivity contribution in [3.63, 3.8) is 0 Å². The molecule has 0 bridgehead atoms. The van der Waals surface area contributed by atoms with Crippen LogP contribution >= 0.6 is 0 Å². The molecular weight excluding hydrogens is 427 g/mol. The van der Waals surface area contributed by atoms with Gasteiger partial charge in [-0.25, -0.2) is 4.39 Å². The third kappa shape index (κ3) is 4.81. The van der Waals surface area contributed by atoms with Crippen molar-refractivity contribution < 1.29 is 9.18 Å². The van der Waals surface area contributed by atoms with Crippen LogP contribution in [0.1, 0.15) is 12.8 Å². The summed E-state index contributed by atoms with van der Waals surface area (Å²) in [5, 5.41) is 11.9. The van der Waals surface area contributed by atoms with E-state index in [2.05, 4.69) is 20.4 Å². The van der Waals surface area contributed by atoms with Crippen molar-refractivity contribution >= 4 is 17.4 Å². The van der Waals surface area contributed by atoms with Crippen molar-refractivity contribution in [2.75, 3.05) is 23.3 Å². The summed E-state index contributed by atoms with van der Waals surface area (Å²) in [7, 11) is 0. The Kier molecular flexibility index (Phi) is 6.29. The van der Waals surface area contributed by atoms with E-state index in [0.29, 0.717) is 12.2 Å². The van der Waals surface area contributed by atoms with E-state index in [0.717, 1.165) is 47.6 Å². The van der Waals surface area contributed by atoms with Crippen LogP contribution in [0.2, 0.25) is 0 Å². The molecule has 0 aliphatic carbocycles. The molecule has 3 aromatic carbocycles. The third-order valence-electron chi connectivity index (χ3n) is 6.18. The molecule has 5 nitrogen and oxygen atoms in total. The number of anilines is 2. The number of nitrogens with zero attached hydrogens (tertiary/aromatic N) is 3. The first-order valence-electron chi connectivity index (χ1n) is 11.5. The summed E-state index contributed by atoms with van der Waals surface area (Å²) in [6.45, 7) is 1.42. The number of amides is 1. The van der Waals surface area contributed by atoms with E-state index in [1.807, 2.05) is 66.7 Å². The summed E-state index contributed by atoms with van der Waals surface area (Å²) in [6, 6.07) is 27.9. The Balaban J connectivity index is 1.28. The highest BCUT2D eigenvalue weighted by Crippen LogP contribution is 2.29. The lowest BCUT2D eigenvalue weighted by Crippen LogP contribution is -2.41. The number of hydrogen-bond acceptors (Lipinski definition) is 4. The fourth-order valence-electron chi connectivity index (χ4n) is 4.36. The summed E-state index contributed by atoms with van der Waals surface area (Å²) >= 11 is 0. The number of nitrogens with one attached hydrogen (secondary N) is 1. The second-order valence-corrected chi connectivity index (χ2v) is 8.47. The summed E-state index contributed by atoms with van der Waals surface area (Å²) in [5.41, 5.74) is 4.40. The van der Waals surface area contributed by atoms with E-state index in [9.17, 15) is 9.18 Å². The molecule has 1 atom stereocenters. The topological polar surface area (TPSA) is 58.1 Å². The van der Waals surface area contributed by atoms with E-state index >= 15 is 0 Å². The average Bonchev–Trinajstić information content (AvgIpc) is 2.90. The van der Waals surface area contributed by atoms with Crippen LogP contribution in [0.3, 0.4) is 0 Å². The highest BCUT2D eigenvalue weighted by Gasteiger charge is 2.27. The fourth-order valence-corrected chi connectivity index (χ4v) is 4.36. The van der Waals surface area contributed by atoms with Gasteiger partial charge in [0.2, 0.25) is 5.91 Å². The van der Waals surface area contributed by atoms with Crippen LogP contribution in [0.25, 0.3) is 22.4 Å². The molecule has 1 aliphatic rings. The molecule has 34 heavy (non-hydrogen) atoms. The Bertz CT molecular complexity index is 1260. The maximum absolute atomic E-state index is 13.2. The molecule has 170 valence electrons. The summed E-state index contributed by atoms with van der Waals surface area (Å²) in [5.74, 6) is 0.338. The first kappa shape index (κ1) is 21.8. The maximum atomic E-state index is 13.2. The van der Waals surface area contributed by atoms with E-state index in [4.69, 9.17) is 0 Å². The molecular formula is C28H25FN4O. The van der Waals surface area contributed by atoms with Crippen LogP contribution in [-0.4, -0.2) is 29.2 Å². The van der Waals surface area contributed by atoms with Crippen molar-refractivity contribution in [2.45, 2.75) is 12.8 Å². The Labute approximate surface area is 198 Å². The number of aromatic nitrogens is 2. The summed E-state index contributed by atoms with van der Waals surface area (Å²) in [4.78, 5) is 15.3. The molecule has 0 spiro atoms. The van der Waals surface area contributed by atoms with Crippen molar-refractivity contribution in [2.24, 2.45) is 5.92 Å². The van der Waals surface area contributed by atoms with Gasteiger partial charge in [-0.1, -0.05) is 48.5 Å². The van der Waals surface area contributed by atoms with E-state index in [1.54, 1.807) is 12.1 Å². The van der Waals surface area contributed by atoms with Crippen molar-refractivity contribution in [3.8, 4) is 22.4 Å². The predicted molar refractivity (Wildman–Crippen MR) is 133 cm³/mol. The SMILES string of the molecule is O=C(Nc1ccccc1-c1ccccc1)C1CCCN(c2ccc(-c3ccc(F)cc3)nn2)C1. The van der Waals surface area contributed by atoms with Gasteiger partial charge in [0, 0.05) is 29.9 Å². The monoisotopic (exact) mass is 452 g/mol. The lowest BCUT2D eigenvalue weighted by molar-refractivity contribution is -0.120. The predicted octanol–water partition coefficient (Wildman–Crippen LogP) is 5.80. The number of benzene rings is 3. The second-order valence-electron chi connectivity index (χ2n) is 8.47. The Morgan fingerprint density at radius 2 is 1.62 bits per heavy atom. The molecule has 5 rings (SSSR count). The zero-order valence-corrected chi connectivity index (χ0v) is 18.7. The zero-order chi connectivity index (χ0) is 23.3. The molecule has 0 radical (unpaired) electrons. The van der Waals surface area contributed by atoms with Gasteiger partial charge in [0.25, 0.3) is 0 Å². The Morgan fingerprint density at radius 3 is 2.38 bits per heavy atom. The Hall–Kier alpha value is -4.06. The van der Waals surface area contributed by atoms with Gasteiger partial charge < -0.3 is 10.2 Å². The molecule has 4 aromatic rings. The summed E-state index contributed by atoms with van der Waals surface area (Å²) in [6.07, 6.45) is 1.73. The minimum absolute atomic E-state index is 0.0176. The van der Waals surface area contributed by atoms with E-state index < -0.39 is 0 Å². The highest BCUT2D eigenvalue weighted by atomic mass is 19.1. The van der Waals surface area contributed by atoms with Crippen LogP contribution < -0.4 is 10.2 Å².